The maximum atomic E-state index is 13.1. The highest BCUT2D eigenvalue weighted by Gasteiger charge is 2.27. The number of aryl methyl sites for hydroxylation is 1. The molecule has 0 N–H and O–H groups in total. The van der Waals surface area contributed by atoms with Crippen molar-refractivity contribution in [3.63, 3.8) is 0 Å². The zero-order chi connectivity index (χ0) is 21.9. The van der Waals surface area contributed by atoms with Crippen molar-refractivity contribution in [3.05, 3.63) is 95.4 Å². The molecule has 2 heterocycles. The number of ether oxygens (including phenoxy) is 1. The van der Waals surface area contributed by atoms with E-state index in [4.69, 9.17) is 9.15 Å². The summed E-state index contributed by atoms with van der Waals surface area (Å²) in [6.45, 7) is 3.93. The average Bonchev–Trinajstić information content (AvgIpc) is 3.27. The van der Waals surface area contributed by atoms with E-state index in [0.29, 0.717) is 31.0 Å². The summed E-state index contributed by atoms with van der Waals surface area (Å²) in [4.78, 5) is 19.6. The molecule has 0 spiro atoms. The monoisotopic (exact) mass is 426 g/mol. The van der Waals surface area contributed by atoms with Gasteiger partial charge >= 0.3 is 0 Å². The summed E-state index contributed by atoms with van der Waals surface area (Å²) in [5.74, 6) is 1.78. The Morgan fingerprint density at radius 1 is 1.03 bits per heavy atom. The molecular formula is C27H26N2O3. The molecule has 5 heteroatoms. The normalized spacial score (nSPS) is 14.6. The second-order valence-electron chi connectivity index (χ2n) is 8.39. The molecule has 1 aliphatic rings. The highest BCUT2D eigenvalue weighted by atomic mass is 16.5. The first-order valence-electron chi connectivity index (χ1n) is 11.1. The van der Waals surface area contributed by atoms with Crippen LogP contribution in [0.1, 0.15) is 46.1 Å². The predicted octanol–water partition coefficient (Wildman–Crippen LogP) is 5.74. The summed E-state index contributed by atoms with van der Waals surface area (Å²) in [6.07, 6.45) is 1.70. The van der Waals surface area contributed by atoms with E-state index in [2.05, 4.69) is 24.0 Å². The topological polar surface area (TPSA) is 55.6 Å². The number of amides is 1. The van der Waals surface area contributed by atoms with Crippen LogP contribution in [0.25, 0.3) is 11.1 Å². The molecule has 5 nitrogen and oxygen atoms in total. The van der Waals surface area contributed by atoms with Gasteiger partial charge in [-0.25, -0.2) is 4.98 Å². The third-order valence-corrected chi connectivity index (χ3v) is 6.01. The van der Waals surface area contributed by atoms with Crippen molar-refractivity contribution in [2.75, 3.05) is 13.1 Å². The summed E-state index contributed by atoms with van der Waals surface area (Å²) in [5.41, 5.74) is 4.69. The first-order chi connectivity index (χ1) is 15.7. The minimum absolute atomic E-state index is 0.0435. The number of hydrogen-bond acceptors (Lipinski definition) is 4. The fraction of sp³-hybridized carbons (Fsp3) is 0.259. The third-order valence-electron chi connectivity index (χ3n) is 6.01. The van der Waals surface area contributed by atoms with Crippen molar-refractivity contribution >= 4 is 17.0 Å². The Morgan fingerprint density at radius 2 is 1.84 bits per heavy atom. The van der Waals surface area contributed by atoms with Gasteiger partial charge in [-0.2, -0.15) is 0 Å². The van der Waals surface area contributed by atoms with E-state index in [1.165, 1.54) is 5.56 Å². The van der Waals surface area contributed by atoms with Gasteiger partial charge in [-0.1, -0.05) is 48.0 Å². The van der Waals surface area contributed by atoms with E-state index in [9.17, 15) is 4.79 Å². The number of hydrogen-bond donors (Lipinski definition) is 0. The molecule has 0 radical (unpaired) electrons. The van der Waals surface area contributed by atoms with E-state index >= 15 is 0 Å². The predicted molar refractivity (Wildman–Crippen MR) is 124 cm³/mol. The summed E-state index contributed by atoms with van der Waals surface area (Å²) in [5, 5.41) is 0. The quantitative estimate of drug-likeness (QED) is 0.409. The molecule has 0 saturated carbocycles. The average molecular weight is 427 g/mol. The van der Waals surface area contributed by atoms with Crippen molar-refractivity contribution in [2.24, 2.45) is 0 Å². The maximum absolute atomic E-state index is 13.1. The molecule has 1 aromatic heterocycles. The van der Waals surface area contributed by atoms with Gasteiger partial charge in [0.2, 0.25) is 0 Å². The highest BCUT2D eigenvalue weighted by molar-refractivity contribution is 5.94. The lowest BCUT2D eigenvalue weighted by Crippen LogP contribution is -2.38. The van der Waals surface area contributed by atoms with Crippen LogP contribution in [0.4, 0.5) is 0 Å². The molecule has 0 aliphatic carbocycles. The molecular weight excluding hydrogens is 400 g/mol. The van der Waals surface area contributed by atoms with Crippen LogP contribution in [0.3, 0.4) is 0 Å². The molecule has 0 unspecified atom stereocenters. The molecule has 1 saturated heterocycles. The van der Waals surface area contributed by atoms with Crippen molar-refractivity contribution in [3.8, 4) is 5.75 Å². The zero-order valence-corrected chi connectivity index (χ0v) is 18.2. The van der Waals surface area contributed by atoms with Crippen molar-refractivity contribution in [2.45, 2.75) is 32.3 Å². The Morgan fingerprint density at radius 3 is 2.66 bits per heavy atom. The van der Waals surface area contributed by atoms with E-state index in [1.54, 1.807) is 0 Å². The van der Waals surface area contributed by atoms with Gasteiger partial charge in [0.05, 0.1) is 0 Å². The number of carbonyl (C=O) groups is 1. The SMILES string of the molecule is Cc1cccc(COc2cccc(C(=O)N3CCC(c4nc5ccccc5o4)CC3)c2)c1. The van der Waals surface area contributed by atoms with E-state index in [1.807, 2.05) is 65.6 Å². The van der Waals surface area contributed by atoms with Gasteiger partial charge < -0.3 is 14.1 Å². The van der Waals surface area contributed by atoms with Crippen LogP contribution in [0.5, 0.6) is 5.75 Å². The van der Waals surface area contributed by atoms with Crippen molar-refractivity contribution < 1.29 is 13.9 Å². The van der Waals surface area contributed by atoms with Gasteiger partial charge in [0.1, 0.15) is 17.9 Å². The summed E-state index contributed by atoms with van der Waals surface area (Å²) in [7, 11) is 0. The minimum Gasteiger partial charge on any atom is -0.489 e. The standard InChI is InChI=1S/C27H26N2O3/c1-19-6-4-7-20(16-19)18-31-23-9-5-8-22(17-23)27(30)29-14-12-21(13-15-29)26-28-24-10-2-3-11-25(24)32-26/h2-11,16-17,21H,12-15,18H2,1H3. The van der Waals surface area contributed by atoms with Gasteiger partial charge in [0.15, 0.2) is 11.5 Å². The molecule has 162 valence electrons. The first kappa shape index (κ1) is 20.3. The summed E-state index contributed by atoms with van der Waals surface area (Å²) < 4.78 is 11.9. The number of benzene rings is 3. The molecule has 32 heavy (non-hydrogen) atoms. The van der Waals surface area contributed by atoms with Crippen LogP contribution in [0.15, 0.2) is 77.2 Å². The molecule has 1 fully saturated rings. The van der Waals surface area contributed by atoms with Gasteiger partial charge in [0.25, 0.3) is 5.91 Å². The Labute approximate surface area is 187 Å². The minimum atomic E-state index is 0.0435. The lowest BCUT2D eigenvalue weighted by Gasteiger charge is -2.30. The molecule has 1 aliphatic heterocycles. The number of oxazole rings is 1. The number of piperidine rings is 1. The molecule has 3 aromatic carbocycles. The number of para-hydroxylation sites is 2. The number of carbonyl (C=O) groups excluding carboxylic acids is 1. The number of aromatic nitrogens is 1. The smallest absolute Gasteiger partial charge is 0.253 e. The summed E-state index contributed by atoms with van der Waals surface area (Å²) in [6, 6.07) is 23.5. The third kappa shape index (κ3) is 4.37. The second-order valence-corrected chi connectivity index (χ2v) is 8.39. The number of rotatable bonds is 5. The van der Waals surface area contributed by atoms with Crippen molar-refractivity contribution in [1.29, 1.82) is 0 Å². The fourth-order valence-corrected chi connectivity index (χ4v) is 4.26. The maximum Gasteiger partial charge on any atom is 0.253 e. The lowest BCUT2D eigenvalue weighted by molar-refractivity contribution is 0.0706. The molecule has 0 bridgehead atoms. The van der Waals surface area contributed by atoms with E-state index in [-0.39, 0.29) is 11.8 Å². The lowest BCUT2D eigenvalue weighted by atomic mass is 9.96. The number of fused-ring (bicyclic) bond motifs is 1. The first-order valence-corrected chi connectivity index (χ1v) is 11.1. The molecule has 1 amide bonds. The van der Waals surface area contributed by atoms with Crippen LogP contribution in [0.2, 0.25) is 0 Å². The Hall–Kier alpha value is -3.60. The Kier molecular flexibility index (Phi) is 5.63. The van der Waals surface area contributed by atoms with Crippen LogP contribution < -0.4 is 4.74 Å². The van der Waals surface area contributed by atoms with E-state index < -0.39 is 0 Å². The van der Waals surface area contributed by atoms with E-state index in [0.717, 1.165) is 35.4 Å². The van der Waals surface area contributed by atoms with Crippen LogP contribution in [0, 0.1) is 6.92 Å². The van der Waals surface area contributed by atoms with Gasteiger partial charge in [-0.15, -0.1) is 0 Å². The number of likely N-dealkylation sites (tertiary alicyclic amines) is 1. The highest BCUT2D eigenvalue weighted by Crippen LogP contribution is 2.30. The number of nitrogens with zero attached hydrogens (tertiary/aromatic N) is 2. The zero-order valence-electron chi connectivity index (χ0n) is 18.2. The molecule has 0 atom stereocenters. The van der Waals surface area contributed by atoms with Crippen molar-refractivity contribution in [1.82, 2.24) is 9.88 Å². The van der Waals surface area contributed by atoms with Crippen LogP contribution >= 0.6 is 0 Å². The van der Waals surface area contributed by atoms with Gasteiger partial charge in [0, 0.05) is 24.6 Å². The Balaban J connectivity index is 1.21. The van der Waals surface area contributed by atoms with Gasteiger partial charge in [-0.3, -0.25) is 4.79 Å². The Bertz CT molecular complexity index is 1210. The molecule has 4 aromatic rings. The fourth-order valence-electron chi connectivity index (χ4n) is 4.26. The second kappa shape index (κ2) is 8.87. The molecule has 5 rings (SSSR count). The largest absolute Gasteiger partial charge is 0.489 e. The van der Waals surface area contributed by atoms with Crippen LogP contribution in [-0.4, -0.2) is 28.9 Å². The van der Waals surface area contributed by atoms with Gasteiger partial charge in [-0.05, 0) is 55.7 Å². The van der Waals surface area contributed by atoms with Crippen LogP contribution in [-0.2, 0) is 6.61 Å². The summed E-state index contributed by atoms with van der Waals surface area (Å²) >= 11 is 0.